The summed E-state index contributed by atoms with van der Waals surface area (Å²) >= 11 is 3.53. The van der Waals surface area contributed by atoms with Crippen LogP contribution in [0.1, 0.15) is 59.3 Å². The number of hydrogen-bond donors (Lipinski definition) is 1. The highest BCUT2D eigenvalue weighted by atomic mass is 32.1. The van der Waals surface area contributed by atoms with E-state index in [-0.39, 0.29) is 47.2 Å². The summed E-state index contributed by atoms with van der Waals surface area (Å²) in [4.78, 5) is 74.5. The second-order valence-electron chi connectivity index (χ2n) is 15.4. The summed E-state index contributed by atoms with van der Waals surface area (Å²) in [6, 6.07) is 0. The first-order valence-electron chi connectivity index (χ1n) is 20.1. The third-order valence-electron chi connectivity index (χ3n) is 11.0. The first-order valence-corrected chi connectivity index (χ1v) is 21.0. The van der Waals surface area contributed by atoms with Crippen LogP contribution in [0, 0.1) is 52.8 Å². The topological polar surface area (TPSA) is 187 Å². The fraction of sp³-hybridized carbons (Fsp3) is 0.587. The Labute approximate surface area is 377 Å². The fourth-order valence-corrected chi connectivity index (χ4v) is 7.23. The number of allylic oxidation sites excluding steroid dienone is 4. The monoisotopic (exact) mass is 907 g/mol. The quantitative estimate of drug-likeness (QED) is 0.0508. The fourth-order valence-electron chi connectivity index (χ4n) is 7.23. The lowest BCUT2D eigenvalue weighted by Crippen LogP contribution is -2.45. The second kappa shape index (κ2) is 29.3. The molecule has 2 saturated heterocycles. The van der Waals surface area contributed by atoms with Crippen molar-refractivity contribution in [2.24, 2.45) is 40.4 Å². The Bertz CT molecular complexity index is 1690. The predicted octanol–water partition coefficient (Wildman–Crippen LogP) is 5.59. The van der Waals surface area contributed by atoms with Crippen LogP contribution in [0.3, 0.4) is 0 Å². The summed E-state index contributed by atoms with van der Waals surface area (Å²) in [5.41, 5.74) is 0.737. The van der Waals surface area contributed by atoms with Crippen molar-refractivity contribution < 1.29 is 71.1 Å². The average molecular weight is 908 g/mol. The van der Waals surface area contributed by atoms with Gasteiger partial charge in [-0.2, -0.15) is 17.0 Å². The Morgan fingerprint density at radius 2 is 1.51 bits per heavy atom. The average Bonchev–Trinajstić information content (AvgIpc) is 4.16. The van der Waals surface area contributed by atoms with Gasteiger partial charge in [0.15, 0.2) is 0 Å². The van der Waals surface area contributed by atoms with Crippen molar-refractivity contribution in [1.29, 1.82) is 0 Å². The molecular weight excluding hydrogens is 842 g/mol. The molecule has 7 atom stereocenters. The van der Waals surface area contributed by atoms with Gasteiger partial charge < -0.3 is 33.2 Å². The molecule has 0 aromatic heterocycles. The molecule has 17 heteroatoms. The lowest BCUT2D eigenvalue weighted by atomic mass is 9.78. The van der Waals surface area contributed by atoms with Crippen molar-refractivity contribution in [1.82, 2.24) is 4.90 Å². The van der Waals surface area contributed by atoms with Crippen molar-refractivity contribution in [2.45, 2.75) is 65.4 Å². The maximum absolute atomic E-state index is 11.5. The molecule has 0 N–H and O–H groups in total. The van der Waals surface area contributed by atoms with Crippen LogP contribution >= 0.6 is 12.6 Å². The van der Waals surface area contributed by atoms with Crippen molar-refractivity contribution in [3.05, 3.63) is 61.0 Å². The lowest BCUT2D eigenvalue weighted by Gasteiger charge is -2.39. The van der Waals surface area contributed by atoms with Gasteiger partial charge in [-0.25, -0.2) is 14.4 Å². The molecule has 0 aromatic carbocycles. The molecule has 2 saturated carbocycles. The molecule has 2 amide bonds. The highest BCUT2D eigenvalue weighted by molar-refractivity contribution is 7.79. The molecule has 7 unspecified atom stereocenters. The van der Waals surface area contributed by atoms with Gasteiger partial charge in [-0.05, 0) is 75.9 Å². The van der Waals surface area contributed by atoms with E-state index in [4.69, 9.17) is 23.7 Å². The summed E-state index contributed by atoms with van der Waals surface area (Å²) in [7, 11) is 8.47. The summed E-state index contributed by atoms with van der Waals surface area (Å²) in [5.74, 6) is 0.602. The van der Waals surface area contributed by atoms with Gasteiger partial charge in [-0.1, -0.05) is 44.4 Å². The number of likely N-dealkylation sites (N-methyl/N-ethyl adjacent to an activating group) is 1. The molecular formula is C46H66FNO14S. The van der Waals surface area contributed by atoms with E-state index >= 15 is 0 Å². The van der Waals surface area contributed by atoms with Gasteiger partial charge in [0.2, 0.25) is 5.83 Å². The van der Waals surface area contributed by atoms with Crippen molar-refractivity contribution in [3.8, 4) is 12.3 Å². The third kappa shape index (κ3) is 18.7. The number of amides is 2. The predicted molar refractivity (Wildman–Crippen MR) is 236 cm³/mol. The van der Waals surface area contributed by atoms with Crippen LogP contribution in [0.2, 0.25) is 0 Å². The number of hydrogen-bond acceptors (Lipinski definition) is 15. The summed E-state index contributed by atoms with van der Waals surface area (Å²) in [6.45, 7) is 14.9. The number of esters is 5. The molecule has 4 fully saturated rings. The number of rotatable bonds is 6. The summed E-state index contributed by atoms with van der Waals surface area (Å²) in [6.07, 6.45) is 23.8. The van der Waals surface area contributed by atoms with E-state index in [0.29, 0.717) is 41.1 Å². The highest BCUT2D eigenvalue weighted by Gasteiger charge is 2.50. The molecule has 7 rings (SSSR count). The van der Waals surface area contributed by atoms with Gasteiger partial charge in [-0.3, -0.25) is 24.1 Å². The number of imide groups is 1. The second-order valence-corrected chi connectivity index (χ2v) is 15.4. The Kier molecular flexibility index (Phi) is 27.0. The zero-order chi connectivity index (χ0) is 48.5. The van der Waals surface area contributed by atoms with E-state index < -0.39 is 17.8 Å². The van der Waals surface area contributed by atoms with Crippen molar-refractivity contribution >= 4 is 54.3 Å². The van der Waals surface area contributed by atoms with Crippen LogP contribution in [0.25, 0.3) is 0 Å². The van der Waals surface area contributed by atoms with E-state index in [1.807, 2.05) is 13.8 Å². The zero-order valence-electron chi connectivity index (χ0n) is 38.3. The van der Waals surface area contributed by atoms with Gasteiger partial charge in [0.25, 0.3) is 11.8 Å². The van der Waals surface area contributed by atoms with Crippen molar-refractivity contribution in [3.63, 3.8) is 0 Å². The maximum atomic E-state index is 11.5. The summed E-state index contributed by atoms with van der Waals surface area (Å²) < 4.78 is 43.8. The van der Waals surface area contributed by atoms with E-state index in [2.05, 4.69) is 72.9 Å². The lowest BCUT2D eigenvalue weighted by molar-refractivity contribution is -0.153. The minimum absolute atomic E-state index is 0.0261. The largest absolute Gasteiger partial charge is 0.469 e. The Hall–Kier alpha value is -5.05. The first-order chi connectivity index (χ1) is 29.7. The minimum Gasteiger partial charge on any atom is -0.469 e. The summed E-state index contributed by atoms with van der Waals surface area (Å²) in [5, 5.41) is 0. The Morgan fingerprint density at radius 1 is 0.921 bits per heavy atom. The molecule has 63 heavy (non-hydrogen) atoms. The normalized spacial score (nSPS) is 26.0. The van der Waals surface area contributed by atoms with Crippen molar-refractivity contribution in [2.75, 3.05) is 68.7 Å². The molecule has 0 spiro atoms. The van der Waals surface area contributed by atoms with Crippen LogP contribution in [-0.4, -0.2) is 121 Å². The zero-order valence-corrected chi connectivity index (χ0v) is 39.2. The number of terminal acetylenes is 1. The number of fused-ring (bicyclic) bond motifs is 4. The standard InChI is InChI=1S/C10H14O2.C9H12O2.C7H14O2.C6H8O2.C5H5NO2.C4H5FO2.C4H4O2.CH4S/c1-10(9(11)12-2)6-7-3-4-8(10)5-7;1-11-9(10)8-5-6-2-3-7(8)4-6;1-3-7(4-8-2)5-9-6-7;1-4-3-5(2)8-6(4)7;1-6-4(7)2-3-5(6)8;1-3(5)4(6)7-2;1-3-4(5)6-2;1-2/h3-4,7-8H,5-6H2,1-2H3;2-3,6-8H,4-5H2,1H3;3-6H2,1-2H3;5H,1,3H2,2H3;2-3H,1H3;1H2,2H3;1H,2H3;2H,1H3. The number of halogens is 1. The number of nitrogens with zero attached hydrogens (tertiary/aromatic N) is 1. The highest BCUT2D eigenvalue weighted by Crippen LogP contribution is 2.52. The molecule has 352 valence electrons. The van der Waals surface area contributed by atoms with Gasteiger partial charge in [0, 0.05) is 49.6 Å². The minimum atomic E-state index is -1.07. The molecule has 0 radical (unpaired) electrons. The molecule has 4 aliphatic carbocycles. The van der Waals surface area contributed by atoms with Gasteiger partial charge in [0.1, 0.15) is 6.10 Å². The number of thiol groups is 1. The van der Waals surface area contributed by atoms with Gasteiger partial charge >= 0.3 is 29.8 Å². The smallest absolute Gasteiger partial charge is 0.383 e. The van der Waals surface area contributed by atoms with Crippen LogP contribution in [0.15, 0.2) is 61.0 Å². The first kappa shape index (κ1) is 58.0. The van der Waals surface area contributed by atoms with Crippen LogP contribution in [-0.2, 0) is 66.7 Å². The maximum Gasteiger partial charge on any atom is 0.383 e. The van der Waals surface area contributed by atoms with E-state index in [1.54, 1.807) is 19.3 Å². The number of carbonyl (C=O) groups excluding carboxylic acids is 7. The molecule has 3 aliphatic heterocycles. The van der Waals surface area contributed by atoms with Crippen LogP contribution < -0.4 is 0 Å². The van der Waals surface area contributed by atoms with Crippen LogP contribution in [0.5, 0.6) is 0 Å². The molecule has 0 aromatic rings. The number of carbonyl (C=O) groups is 7. The molecule has 7 aliphatic rings. The number of ether oxygens (including phenoxy) is 7. The van der Waals surface area contributed by atoms with E-state index in [9.17, 15) is 38.0 Å². The molecule has 3 heterocycles. The number of methoxy groups -OCH3 is 5. The Balaban J connectivity index is 0.000000716. The van der Waals surface area contributed by atoms with E-state index in [1.165, 1.54) is 53.4 Å². The molecule has 15 nitrogen and oxygen atoms in total. The van der Waals surface area contributed by atoms with Gasteiger partial charge in [0.05, 0.1) is 59.6 Å². The SMILES string of the molecule is C#CC(=O)OC.C=C(F)C(=O)OC.C=C1CC(C)OC1=O.CCC1(COC)COC1.CN1C(=O)C=CC1=O.COC(=O)C1(C)CC2C=CC1C2.COC(=O)C1CC2C=CC1C2.CS. The molecule has 4 bridgehead atoms. The van der Waals surface area contributed by atoms with Gasteiger partial charge in [-0.15, -0.1) is 6.42 Å². The number of cyclic esters (lactones) is 1. The Morgan fingerprint density at radius 3 is 1.71 bits per heavy atom. The van der Waals surface area contributed by atoms with Crippen LogP contribution in [0.4, 0.5) is 4.39 Å². The third-order valence-corrected chi connectivity index (χ3v) is 11.0. The van der Waals surface area contributed by atoms with E-state index in [0.717, 1.165) is 51.1 Å².